The van der Waals surface area contributed by atoms with Gasteiger partial charge in [-0.05, 0) is 27.9 Å². The summed E-state index contributed by atoms with van der Waals surface area (Å²) in [5.74, 6) is 0. The van der Waals surface area contributed by atoms with Crippen LogP contribution >= 0.6 is 0 Å². The van der Waals surface area contributed by atoms with Crippen molar-refractivity contribution in [3.63, 3.8) is 0 Å². The molecule has 4 nitrogen and oxygen atoms in total. The van der Waals surface area contributed by atoms with Crippen LogP contribution in [0.3, 0.4) is 0 Å². The summed E-state index contributed by atoms with van der Waals surface area (Å²) in [6, 6.07) is 0.357. The number of ether oxygens (including phenoxy) is 3. The standard InChI is InChI=1S/C11H23NO3/c1-6-14-10-7-9(12(3)4)11(13-5)8(2)15-10/h8-11H,6-7H2,1-5H3. The second-order valence-corrected chi connectivity index (χ2v) is 4.19. The highest BCUT2D eigenvalue weighted by Crippen LogP contribution is 2.25. The minimum atomic E-state index is -0.0937. The van der Waals surface area contributed by atoms with Gasteiger partial charge in [0.25, 0.3) is 0 Å². The van der Waals surface area contributed by atoms with Gasteiger partial charge >= 0.3 is 0 Å². The van der Waals surface area contributed by atoms with Gasteiger partial charge in [0.15, 0.2) is 6.29 Å². The molecule has 0 radical (unpaired) electrons. The lowest BCUT2D eigenvalue weighted by atomic mass is 9.98. The van der Waals surface area contributed by atoms with Gasteiger partial charge in [-0.15, -0.1) is 0 Å². The third-order valence-corrected chi connectivity index (χ3v) is 2.93. The SMILES string of the molecule is CCOC1CC(N(C)C)C(OC)C(C)O1. The second kappa shape index (κ2) is 5.80. The monoisotopic (exact) mass is 217 g/mol. The Morgan fingerprint density at radius 2 is 2.07 bits per heavy atom. The zero-order valence-electron chi connectivity index (χ0n) is 10.4. The number of rotatable bonds is 4. The number of hydrogen-bond donors (Lipinski definition) is 0. The van der Waals surface area contributed by atoms with Crippen LogP contribution in [-0.2, 0) is 14.2 Å². The lowest BCUT2D eigenvalue weighted by Gasteiger charge is -2.42. The van der Waals surface area contributed by atoms with E-state index in [9.17, 15) is 0 Å². The van der Waals surface area contributed by atoms with Crippen LogP contribution in [0.1, 0.15) is 20.3 Å². The molecule has 0 aromatic heterocycles. The van der Waals surface area contributed by atoms with E-state index in [4.69, 9.17) is 14.2 Å². The third kappa shape index (κ3) is 3.14. The molecule has 4 unspecified atom stereocenters. The molecule has 0 saturated carbocycles. The molecule has 4 heteroatoms. The van der Waals surface area contributed by atoms with Crippen molar-refractivity contribution in [3.05, 3.63) is 0 Å². The first-order valence-corrected chi connectivity index (χ1v) is 5.56. The summed E-state index contributed by atoms with van der Waals surface area (Å²) in [6.07, 6.45) is 0.970. The Morgan fingerprint density at radius 3 is 2.53 bits per heavy atom. The fourth-order valence-corrected chi connectivity index (χ4v) is 2.16. The number of methoxy groups -OCH3 is 1. The van der Waals surface area contributed by atoms with E-state index in [1.54, 1.807) is 7.11 Å². The fraction of sp³-hybridized carbons (Fsp3) is 1.00. The Hall–Kier alpha value is -0.160. The molecule has 0 spiro atoms. The summed E-state index contributed by atoms with van der Waals surface area (Å²) in [5.41, 5.74) is 0. The minimum absolute atomic E-state index is 0.0766. The van der Waals surface area contributed by atoms with E-state index in [1.807, 2.05) is 13.8 Å². The van der Waals surface area contributed by atoms with Gasteiger partial charge in [0.2, 0.25) is 0 Å². The summed E-state index contributed by atoms with van der Waals surface area (Å²) < 4.78 is 16.7. The van der Waals surface area contributed by atoms with Crippen molar-refractivity contribution in [3.8, 4) is 0 Å². The lowest BCUT2D eigenvalue weighted by Crippen LogP contribution is -2.54. The van der Waals surface area contributed by atoms with E-state index < -0.39 is 0 Å². The van der Waals surface area contributed by atoms with Crippen molar-refractivity contribution in [2.24, 2.45) is 0 Å². The molecular formula is C11H23NO3. The molecule has 15 heavy (non-hydrogen) atoms. The van der Waals surface area contributed by atoms with E-state index in [2.05, 4.69) is 19.0 Å². The van der Waals surface area contributed by atoms with Gasteiger partial charge in [-0.3, -0.25) is 0 Å². The highest BCUT2D eigenvalue weighted by Gasteiger charge is 2.37. The molecule has 1 aliphatic rings. The van der Waals surface area contributed by atoms with Crippen molar-refractivity contribution in [1.82, 2.24) is 4.90 Å². The molecular weight excluding hydrogens is 194 g/mol. The molecule has 0 aromatic rings. The van der Waals surface area contributed by atoms with Gasteiger partial charge in [-0.2, -0.15) is 0 Å². The highest BCUT2D eigenvalue weighted by atomic mass is 16.7. The van der Waals surface area contributed by atoms with E-state index >= 15 is 0 Å². The Balaban J connectivity index is 2.63. The van der Waals surface area contributed by atoms with Gasteiger partial charge in [0.1, 0.15) is 0 Å². The first kappa shape index (κ1) is 12.9. The van der Waals surface area contributed by atoms with Crippen LogP contribution in [0, 0.1) is 0 Å². The Kier molecular flexibility index (Phi) is 4.99. The van der Waals surface area contributed by atoms with Gasteiger partial charge < -0.3 is 19.1 Å². The largest absolute Gasteiger partial charge is 0.377 e. The number of nitrogens with zero attached hydrogens (tertiary/aromatic N) is 1. The summed E-state index contributed by atoms with van der Waals surface area (Å²) in [5, 5.41) is 0. The molecule has 0 aromatic carbocycles. The maximum atomic E-state index is 5.74. The van der Waals surface area contributed by atoms with Crippen molar-refractivity contribution >= 4 is 0 Å². The molecule has 0 N–H and O–H groups in total. The molecule has 90 valence electrons. The van der Waals surface area contributed by atoms with Crippen molar-refractivity contribution in [2.45, 2.75) is 44.8 Å². The van der Waals surface area contributed by atoms with Gasteiger partial charge in [-0.1, -0.05) is 0 Å². The molecule has 0 amide bonds. The van der Waals surface area contributed by atoms with Crippen LogP contribution in [0.5, 0.6) is 0 Å². The van der Waals surface area contributed by atoms with Crippen LogP contribution in [0.25, 0.3) is 0 Å². The minimum Gasteiger partial charge on any atom is -0.377 e. The Bertz CT molecular complexity index is 187. The fourth-order valence-electron chi connectivity index (χ4n) is 2.16. The third-order valence-electron chi connectivity index (χ3n) is 2.93. The van der Waals surface area contributed by atoms with Crippen LogP contribution in [0.15, 0.2) is 0 Å². The zero-order chi connectivity index (χ0) is 11.4. The van der Waals surface area contributed by atoms with E-state index in [0.717, 1.165) is 6.42 Å². The summed E-state index contributed by atoms with van der Waals surface area (Å²) >= 11 is 0. The van der Waals surface area contributed by atoms with Crippen LogP contribution < -0.4 is 0 Å². The maximum absolute atomic E-state index is 5.74. The normalized spacial score (nSPS) is 37.2. The quantitative estimate of drug-likeness (QED) is 0.705. The topological polar surface area (TPSA) is 30.9 Å². The molecule has 1 saturated heterocycles. The van der Waals surface area contributed by atoms with Crippen molar-refractivity contribution < 1.29 is 14.2 Å². The van der Waals surface area contributed by atoms with Crippen LogP contribution in [0.2, 0.25) is 0 Å². The van der Waals surface area contributed by atoms with Gasteiger partial charge in [-0.25, -0.2) is 0 Å². The first-order valence-electron chi connectivity index (χ1n) is 5.56. The Labute approximate surface area is 92.5 Å². The average molecular weight is 217 g/mol. The van der Waals surface area contributed by atoms with Gasteiger partial charge in [0.05, 0.1) is 12.2 Å². The zero-order valence-corrected chi connectivity index (χ0v) is 10.4. The Morgan fingerprint density at radius 1 is 1.40 bits per heavy atom. The van der Waals surface area contributed by atoms with Gasteiger partial charge in [0, 0.05) is 26.2 Å². The predicted octanol–water partition coefficient (Wildman–Crippen LogP) is 1.10. The van der Waals surface area contributed by atoms with Crippen molar-refractivity contribution in [1.29, 1.82) is 0 Å². The molecule has 4 atom stereocenters. The molecule has 1 rings (SSSR count). The maximum Gasteiger partial charge on any atom is 0.159 e. The van der Waals surface area contributed by atoms with Crippen LogP contribution in [0.4, 0.5) is 0 Å². The summed E-state index contributed by atoms with van der Waals surface area (Å²) in [7, 11) is 5.87. The smallest absolute Gasteiger partial charge is 0.159 e. The second-order valence-electron chi connectivity index (χ2n) is 4.19. The summed E-state index contributed by atoms with van der Waals surface area (Å²) in [4.78, 5) is 2.18. The molecule has 1 aliphatic heterocycles. The van der Waals surface area contributed by atoms with E-state index in [-0.39, 0.29) is 18.5 Å². The summed E-state index contributed by atoms with van der Waals surface area (Å²) in [6.45, 7) is 4.71. The number of hydrogen-bond acceptors (Lipinski definition) is 4. The lowest BCUT2D eigenvalue weighted by molar-refractivity contribution is -0.237. The average Bonchev–Trinajstić information content (AvgIpc) is 2.17. The molecule has 0 aliphatic carbocycles. The van der Waals surface area contributed by atoms with E-state index in [1.165, 1.54) is 0 Å². The van der Waals surface area contributed by atoms with Crippen molar-refractivity contribution in [2.75, 3.05) is 27.8 Å². The first-order chi connectivity index (χ1) is 7.10. The molecule has 0 bridgehead atoms. The molecule has 1 heterocycles. The molecule has 1 fully saturated rings. The van der Waals surface area contributed by atoms with E-state index in [0.29, 0.717) is 12.6 Å². The predicted molar refractivity (Wildman–Crippen MR) is 58.9 cm³/mol. The number of likely N-dealkylation sites (N-methyl/N-ethyl adjacent to an activating group) is 1. The van der Waals surface area contributed by atoms with Crippen LogP contribution in [-0.4, -0.2) is 57.3 Å². The highest BCUT2D eigenvalue weighted by molar-refractivity contribution is 4.86.